The summed E-state index contributed by atoms with van der Waals surface area (Å²) in [4.78, 5) is 22.8. The van der Waals surface area contributed by atoms with Crippen molar-refractivity contribution in [3.63, 3.8) is 0 Å². The van der Waals surface area contributed by atoms with Crippen molar-refractivity contribution in [1.29, 1.82) is 0 Å². The number of aromatic nitrogens is 2. The van der Waals surface area contributed by atoms with Gasteiger partial charge >= 0.3 is 0 Å². The van der Waals surface area contributed by atoms with Gasteiger partial charge in [-0.3, -0.25) is 9.69 Å². The minimum absolute atomic E-state index is 0.0592. The molecular weight excluding hydrogens is 288 g/mol. The Kier molecular flexibility index (Phi) is 2.69. The summed E-state index contributed by atoms with van der Waals surface area (Å²) in [5.41, 5.74) is 7.75. The molecule has 2 aromatic rings. The molecule has 2 atom stereocenters. The topological polar surface area (TPSA) is 75.0 Å². The Hall–Kier alpha value is -1.88. The molecule has 1 aromatic carbocycles. The van der Waals surface area contributed by atoms with E-state index in [-0.39, 0.29) is 5.54 Å². The van der Waals surface area contributed by atoms with Gasteiger partial charge in [0.2, 0.25) is 0 Å². The summed E-state index contributed by atoms with van der Waals surface area (Å²) in [5.74, 6) is 1.45. The van der Waals surface area contributed by atoms with Crippen molar-refractivity contribution in [3.05, 3.63) is 29.6 Å². The summed E-state index contributed by atoms with van der Waals surface area (Å²) in [7, 11) is 0. The maximum absolute atomic E-state index is 11.7. The predicted molar refractivity (Wildman–Crippen MR) is 88.0 cm³/mol. The van der Waals surface area contributed by atoms with E-state index in [1.807, 2.05) is 12.1 Å². The highest BCUT2D eigenvalue weighted by Crippen LogP contribution is 2.54. The fourth-order valence-electron chi connectivity index (χ4n) is 4.99. The largest absolute Gasteiger partial charge is 0.366 e. The molecule has 2 saturated carbocycles. The molecule has 5 nitrogen and oxygen atoms in total. The number of rotatable bonds is 3. The van der Waals surface area contributed by atoms with Crippen LogP contribution < -0.4 is 5.73 Å². The molecule has 0 radical (unpaired) electrons. The first-order chi connectivity index (χ1) is 11.2. The Morgan fingerprint density at radius 2 is 2.22 bits per heavy atom. The van der Waals surface area contributed by atoms with Crippen LogP contribution in [0.3, 0.4) is 0 Å². The maximum atomic E-state index is 11.7. The van der Waals surface area contributed by atoms with Crippen LogP contribution in [0.1, 0.15) is 54.7 Å². The van der Waals surface area contributed by atoms with Gasteiger partial charge in [0, 0.05) is 12.6 Å². The number of aromatic amines is 1. The lowest BCUT2D eigenvalue weighted by molar-refractivity contribution is 0.0211. The van der Waals surface area contributed by atoms with Gasteiger partial charge in [-0.1, -0.05) is 12.5 Å². The van der Waals surface area contributed by atoms with Gasteiger partial charge in [-0.2, -0.15) is 0 Å². The Bertz CT molecular complexity index is 793. The van der Waals surface area contributed by atoms with Gasteiger partial charge in [-0.15, -0.1) is 0 Å². The van der Waals surface area contributed by atoms with E-state index in [1.54, 1.807) is 6.07 Å². The summed E-state index contributed by atoms with van der Waals surface area (Å²) >= 11 is 0. The number of nitrogens with two attached hydrogens (primary N) is 1. The molecule has 3 aliphatic rings. The molecule has 3 N–H and O–H groups in total. The van der Waals surface area contributed by atoms with Crippen LogP contribution in [0.15, 0.2) is 18.2 Å². The second-order valence-electron chi connectivity index (χ2n) is 7.53. The van der Waals surface area contributed by atoms with Crippen molar-refractivity contribution in [1.82, 2.24) is 14.9 Å². The lowest BCUT2D eigenvalue weighted by atomic mass is 9.85. The summed E-state index contributed by atoms with van der Waals surface area (Å²) in [6.07, 6.45) is 7.67. The zero-order valence-corrected chi connectivity index (χ0v) is 13.2. The van der Waals surface area contributed by atoms with E-state index >= 15 is 0 Å². The van der Waals surface area contributed by atoms with Crippen LogP contribution in [0.2, 0.25) is 0 Å². The third-order valence-corrected chi connectivity index (χ3v) is 6.33. The van der Waals surface area contributed by atoms with Gasteiger partial charge < -0.3 is 10.7 Å². The molecule has 3 fully saturated rings. The van der Waals surface area contributed by atoms with E-state index in [0.29, 0.717) is 5.56 Å². The van der Waals surface area contributed by atoms with E-state index < -0.39 is 5.91 Å². The van der Waals surface area contributed by atoms with Gasteiger partial charge in [0.05, 0.1) is 16.6 Å². The number of nitrogens with zero attached hydrogens (tertiary/aromatic N) is 2. The minimum Gasteiger partial charge on any atom is -0.366 e. The summed E-state index contributed by atoms with van der Waals surface area (Å²) < 4.78 is 0. The van der Waals surface area contributed by atoms with E-state index in [4.69, 9.17) is 10.7 Å². The van der Waals surface area contributed by atoms with Crippen molar-refractivity contribution >= 4 is 16.9 Å². The Morgan fingerprint density at radius 3 is 2.91 bits per heavy atom. The van der Waals surface area contributed by atoms with Crippen molar-refractivity contribution in [3.8, 4) is 0 Å². The minimum atomic E-state index is -0.405. The van der Waals surface area contributed by atoms with Crippen LogP contribution in [0.5, 0.6) is 0 Å². The number of para-hydroxylation sites is 1. The number of carbonyl (C=O) groups excluding carboxylic acids is 1. The quantitative estimate of drug-likeness (QED) is 0.914. The number of fused-ring (bicyclic) bond motifs is 3. The molecule has 1 saturated heterocycles. The molecule has 120 valence electrons. The molecule has 23 heavy (non-hydrogen) atoms. The Balaban J connectivity index is 1.64. The maximum Gasteiger partial charge on any atom is 0.250 e. The first kappa shape index (κ1) is 13.5. The van der Waals surface area contributed by atoms with Gasteiger partial charge in [0.15, 0.2) is 0 Å². The van der Waals surface area contributed by atoms with Crippen molar-refractivity contribution in [2.24, 2.45) is 11.7 Å². The fraction of sp³-hybridized carbons (Fsp3) is 0.556. The lowest BCUT2D eigenvalue weighted by Crippen LogP contribution is -2.51. The van der Waals surface area contributed by atoms with Crippen LogP contribution in [0, 0.1) is 5.92 Å². The van der Waals surface area contributed by atoms with Crippen molar-refractivity contribution in [2.75, 3.05) is 6.54 Å². The van der Waals surface area contributed by atoms with Crippen molar-refractivity contribution < 1.29 is 4.79 Å². The number of amides is 1. The molecule has 5 rings (SSSR count). The number of piperidine rings is 1. The summed E-state index contributed by atoms with van der Waals surface area (Å²) in [6, 6.07) is 6.36. The average molecular weight is 310 g/mol. The first-order valence-electron chi connectivity index (χ1n) is 8.73. The van der Waals surface area contributed by atoms with Gasteiger partial charge in [-0.05, 0) is 50.2 Å². The van der Waals surface area contributed by atoms with Gasteiger partial charge in [0.25, 0.3) is 5.91 Å². The lowest BCUT2D eigenvalue weighted by Gasteiger charge is -2.46. The molecule has 1 aromatic heterocycles. The molecular formula is C18H22N4O. The highest BCUT2D eigenvalue weighted by molar-refractivity contribution is 6.04. The summed E-state index contributed by atoms with van der Waals surface area (Å²) in [6.45, 7) is 1.21. The Morgan fingerprint density at radius 1 is 1.35 bits per heavy atom. The van der Waals surface area contributed by atoms with Crippen LogP contribution in [0.4, 0.5) is 0 Å². The third-order valence-electron chi connectivity index (χ3n) is 6.33. The highest BCUT2D eigenvalue weighted by atomic mass is 16.1. The van der Waals surface area contributed by atoms with Crippen molar-refractivity contribution in [2.45, 2.75) is 50.1 Å². The number of hydrogen-bond acceptors (Lipinski definition) is 3. The number of imidazole rings is 1. The number of benzene rings is 1. The standard InChI is InChI=1S/C18H22N4O/c19-16(23)13-5-2-6-14-15(13)21-17(20-14)18-8-7-11(9-18)10-22(18)12-3-1-4-12/h2,5-6,11-12H,1,3-4,7-10H2,(H2,19,23)(H,20,21)/t11-,18+/m0/s1. The molecule has 2 heterocycles. The zero-order chi connectivity index (χ0) is 15.6. The number of primary amides is 1. The van der Waals surface area contributed by atoms with Gasteiger partial charge in [0.1, 0.15) is 11.3 Å². The third kappa shape index (κ3) is 1.77. The van der Waals surface area contributed by atoms with E-state index in [9.17, 15) is 4.79 Å². The molecule has 0 spiro atoms. The predicted octanol–water partition coefficient (Wildman–Crippen LogP) is 2.53. The zero-order valence-electron chi connectivity index (χ0n) is 13.2. The van der Waals surface area contributed by atoms with Crippen LogP contribution in [-0.4, -0.2) is 33.4 Å². The number of carbonyl (C=O) groups is 1. The number of nitrogens with one attached hydrogen (secondary N) is 1. The molecule has 5 heteroatoms. The Labute approximate surface area is 135 Å². The highest BCUT2D eigenvalue weighted by Gasteiger charge is 2.56. The molecule has 2 aliphatic carbocycles. The second kappa shape index (κ2) is 4.57. The first-order valence-corrected chi connectivity index (χ1v) is 8.73. The SMILES string of the molecule is NC(=O)c1cccc2[nH]c([C@]34CC[C@H](CN3C3CCC3)C4)nc12. The molecule has 0 unspecified atom stereocenters. The van der Waals surface area contributed by atoms with Crippen LogP contribution in [0.25, 0.3) is 11.0 Å². The smallest absolute Gasteiger partial charge is 0.250 e. The summed E-state index contributed by atoms with van der Waals surface area (Å²) in [5, 5.41) is 0. The number of H-pyrrole nitrogens is 1. The molecule has 1 aliphatic heterocycles. The van der Waals surface area contributed by atoms with Crippen LogP contribution in [-0.2, 0) is 5.54 Å². The normalized spacial score (nSPS) is 30.9. The number of likely N-dealkylation sites (tertiary alicyclic amines) is 1. The molecule has 2 bridgehead atoms. The van der Waals surface area contributed by atoms with E-state index in [0.717, 1.165) is 28.8 Å². The average Bonchev–Trinajstić information content (AvgIpc) is 3.17. The van der Waals surface area contributed by atoms with Crippen LogP contribution >= 0.6 is 0 Å². The van der Waals surface area contributed by atoms with Gasteiger partial charge in [-0.25, -0.2) is 4.98 Å². The van der Waals surface area contributed by atoms with E-state index in [1.165, 1.54) is 45.1 Å². The fourth-order valence-corrected chi connectivity index (χ4v) is 4.99. The monoisotopic (exact) mass is 310 g/mol. The molecule has 1 amide bonds. The number of hydrogen-bond donors (Lipinski definition) is 2. The second-order valence-corrected chi connectivity index (χ2v) is 7.53. The van der Waals surface area contributed by atoms with E-state index in [2.05, 4.69) is 9.88 Å².